The highest BCUT2D eigenvalue weighted by Crippen LogP contribution is 2.36. The molecule has 0 unspecified atom stereocenters. The summed E-state index contributed by atoms with van der Waals surface area (Å²) in [5, 5.41) is 21.8. The Kier molecular flexibility index (Phi) is 4.81. The van der Waals surface area contributed by atoms with E-state index in [1.807, 2.05) is 0 Å². The highest BCUT2D eigenvalue weighted by atomic mass is 16.3. The first-order valence-electron chi connectivity index (χ1n) is 7.54. The summed E-state index contributed by atoms with van der Waals surface area (Å²) in [5.41, 5.74) is -0.771. The van der Waals surface area contributed by atoms with Gasteiger partial charge in [-0.1, -0.05) is 19.3 Å². The highest BCUT2D eigenvalue weighted by molar-refractivity contribution is 5.85. The van der Waals surface area contributed by atoms with Crippen molar-refractivity contribution in [1.29, 1.82) is 5.26 Å². The van der Waals surface area contributed by atoms with E-state index in [0.717, 1.165) is 44.9 Å². The van der Waals surface area contributed by atoms with Crippen LogP contribution < -0.4 is 5.32 Å². The second-order valence-corrected chi connectivity index (χ2v) is 6.14. The van der Waals surface area contributed by atoms with Gasteiger partial charge in [0.25, 0.3) is 0 Å². The number of amides is 1. The molecule has 0 aliphatic heterocycles. The lowest BCUT2D eigenvalue weighted by Crippen LogP contribution is -2.43. The number of hydrogen-bond acceptors (Lipinski definition) is 3. The van der Waals surface area contributed by atoms with Gasteiger partial charge in [0.15, 0.2) is 0 Å². The van der Waals surface area contributed by atoms with Crippen molar-refractivity contribution in [3.05, 3.63) is 0 Å². The van der Waals surface area contributed by atoms with E-state index < -0.39 is 5.41 Å². The van der Waals surface area contributed by atoms with Crippen molar-refractivity contribution in [2.24, 2.45) is 11.3 Å². The second-order valence-electron chi connectivity index (χ2n) is 6.14. The Bertz CT molecular complexity index is 348. The molecule has 4 heteroatoms. The molecule has 0 atom stereocenters. The Labute approximate surface area is 115 Å². The molecule has 2 N–H and O–H groups in total. The SMILES string of the molecule is N#CC1(C(=O)NCC2CCC(O)CC2)CCCCC1. The number of nitriles is 1. The van der Waals surface area contributed by atoms with E-state index >= 15 is 0 Å². The maximum Gasteiger partial charge on any atom is 0.240 e. The number of rotatable bonds is 3. The zero-order valence-corrected chi connectivity index (χ0v) is 11.5. The Morgan fingerprint density at radius 2 is 1.84 bits per heavy atom. The van der Waals surface area contributed by atoms with Crippen molar-refractivity contribution in [3.8, 4) is 6.07 Å². The first-order chi connectivity index (χ1) is 9.16. The van der Waals surface area contributed by atoms with Crippen molar-refractivity contribution < 1.29 is 9.90 Å². The molecular formula is C15H24N2O2. The normalized spacial score (nSPS) is 30.3. The summed E-state index contributed by atoms with van der Waals surface area (Å²) in [4.78, 5) is 12.3. The third kappa shape index (κ3) is 3.48. The number of aliphatic hydroxyl groups is 1. The molecule has 0 aromatic rings. The smallest absolute Gasteiger partial charge is 0.240 e. The summed E-state index contributed by atoms with van der Waals surface area (Å²) in [7, 11) is 0. The summed E-state index contributed by atoms with van der Waals surface area (Å²) < 4.78 is 0. The van der Waals surface area contributed by atoms with Crippen LogP contribution in [0.1, 0.15) is 57.8 Å². The molecule has 0 bridgehead atoms. The fraction of sp³-hybridized carbons (Fsp3) is 0.867. The van der Waals surface area contributed by atoms with Gasteiger partial charge >= 0.3 is 0 Å². The van der Waals surface area contributed by atoms with E-state index in [9.17, 15) is 15.2 Å². The van der Waals surface area contributed by atoms with Gasteiger partial charge in [-0.2, -0.15) is 5.26 Å². The lowest BCUT2D eigenvalue weighted by molar-refractivity contribution is -0.129. The third-order valence-electron chi connectivity index (χ3n) is 4.72. The number of hydrogen-bond donors (Lipinski definition) is 2. The summed E-state index contributed by atoms with van der Waals surface area (Å²) in [6.07, 6.45) is 7.98. The average molecular weight is 264 g/mol. The maximum atomic E-state index is 12.3. The topological polar surface area (TPSA) is 73.1 Å². The molecule has 2 rings (SSSR count). The van der Waals surface area contributed by atoms with Gasteiger partial charge in [0, 0.05) is 6.54 Å². The molecule has 0 spiro atoms. The number of carbonyl (C=O) groups excluding carboxylic acids is 1. The number of nitrogens with zero attached hydrogens (tertiary/aromatic N) is 1. The molecule has 0 aromatic heterocycles. The van der Waals surface area contributed by atoms with Crippen molar-refractivity contribution in [2.45, 2.75) is 63.9 Å². The Balaban J connectivity index is 1.81. The molecule has 0 heterocycles. The zero-order chi connectivity index (χ0) is 13.7. The van der Waals surface area contributed by atoms with E-state index in [2.05, 4.69) is 11.4 Å². The van der Waals surface area contributed by atoms with Crippen LogP contribution in [0.4, 0.5) is 0 Å². The van der Waals surface area contributed by atoms with Crippen molar-refractivity contribution in [1.82, 2.24) is 5.32 Å². The van der Waals surface area contributed by atoms with Crippen LogP contribution in [0.25, 0.3) is 0 Å². The second kappa shape index (κ2) is 6.38. The first kappa shape index (κ1) is 14.3. The molecule has 1 amide bonds. The largest absolute Gasteiger partial charge is 0.393 e. The predicted molar refractivity (Wildman–Crippen MR) is 72.1 cm³/mol. The van der Waals surface area contributed by atoms with Crippen LogP contribution in [-0.2, 0) is 4.79 Å². The van der Waals surface area contributed by atoms with E-state index in [4.69, 9.17) is 0 Å². The fourth-order valence-corrected chi connectivity index (χ4v) is 3.30. The van der Waals surface area contributed by atoms with Gasteiger partial charge in [0.2, 0.25) is 5.91 Å². The van der Waals surface area contributed by atoms with Crippen LogP contribution in [-0.4, -0.2) is 23.7 Å². The first-order valence-corrected chi connectivity index (χ1v) is 7.54. The lowest BCUT2D eigenvalue weighted by atomic mass is 9.74. The number of carbonyl (C=O) groups is 1. The molecule has 0 radical (unpaired) electrons. The molecule has 2 aliphatic rings. The maximum absolute atomic E-state index is 12.3. The van der Waals surface area contributed by atoms with Crippen LogP contribution in [0, 0.1) is 22.7 Å². The standard InChI is InChI=1S/C15H24N2O2/c16-11-15(8-2-1-3-9-15)14(19)17-10-12-4-6-13(18)7-5-12/h12-13,18H,1-10H2,(H,17,19). The minimum Gasteiger partial charge on any atom is -0.393 e. The van der Waals surface area contributed by atoms with Gasteiger partial charge in [-0.05, 0) is 44.4 Å². The van der Waals surface area contributed by atoms with E-state index in [1.165, 1.54) is 0 Å². The van der Waals surface area contributed by atoms with Crippen molar-refractivity contribution in [2.75, 3.05) is 6.54 Å². The lowest BCUT2D eigenvalue weighted by Gasteiger charge is -2.31. The molecule has 0 aromatic carbocycles. The zero-order valence-electron chi connectivity index (χ0n) is 11.5. The fourth-order valence-electron chi connectivity index (χ4n) is 3.30. The Hall–Kier alpha value is -1.08. The summed E-state index contributed by atoms with van der Waals surface area (Å²) >= 11 is 0. The molecule has 2 aliphatic carbocycles. The summed E-state index contributed by atoms with van der Waals surface area (Å²) in [6.45, 7) is 0.662. The average Bonchev–Trinajstić information content (AvgIpc) is 2.47. The van der Waals surface area contributed by atoms with E-state index in [-0.39, 0.29) is 12.0 Å². The minimum atomic E-state index is -0.771. The van der Waals surface area contributed by atoms with Crippen LogP contribution in [0.5, 0.6) is 0 Å². The summed E-state index contributed by atoms with van der Waals surface area (Å²) in [6, 6.07) is 2.26. The molecule has 4 nitrogen and oxygen atoms in total. The molecule has 106 valence electrons. The van der Waals surface area contributed by atoms with Crippen LogP contribution in [0.15, 0.2) is 0 Å². The van der Waals surface area contributed by atoms with E-state index in [1.54, 1.807) is 0 Å². The molecular weight excluding hydrogens is 240 g/mol. The van der Waals surface area contributed by atoms with Gasteiger partial charge < -0.3 is 10.4 Å². The van der Waals surface area contributed by atoms with Gasteiger partial charge in [-0.25, -0.2) is 0 Å². The molecule has 2 fully saturated rings. The van der Waals surface area contributed by atoms with Gasteiger partial charge in [0.05, 0.1) is 12.2 Å². The Morgan fingerprint density at radius 3 is 2.42 bits per heavy atom. The Morgan fingerprint density at radius 1 is 1.21 bits per heavy atom. The predicted octanol–water partition coefficient (Wildman–Crippen LogP) is 2.13. The van der Waals surface area contributed by atoms with Crippen LogP contribution in [0.2, 0.25) is 0 Å². The highest BCUT2D eigenvalue weighted by Gasteiger charge is 2.39. The quantitative estimate of drug-likeness (QED) is 0.820. The molecule has 0 saturated heterocycles. The molecule has 2 saturated carbocycles. The van der Waals surface area contributed by atoms with Gasteiger partial charge in [0.1, 0.15) is 5.41 Å². The van der Waals surface area contributed by atoms with Crippen molar-refractivity contribution >= 4 is 5.91 Å². The van der Waals surface area contributed by atoms with Crippen LogP contribution in [0.3, 0.4) is 0 Å². The monoisotopic (exact) mass is 264 g/mol. The minimum absolute atomic E-state index is 0.0687. The third-order valence-corrected chi connectivity index (χ3v) is 4.72. The van der Waals surface area contributed by atoms with Gasteiger partial charge in [-0.15, -0.1) is 0 Å². The van der Waals surface area contributed by atoms with Crippen LogP contribution >= 0.6 is 0 Å². The van der Waals surface area contributed by atoms with Crippen molar-refractivity contribution in [3.63, 3.8) is 0 Å². The van der Waals surface area contributed by atoms with Gasteiger partial charge in [-0.3, -0.25) is 4.79 Å². The number of nitrogens with one attached hydrogen (secondary N) is 1. The molecule has 19 heavy (non-hydrogen) atoms. The number of aliphatic hydroxyl groups excluding tert-OH is 1. The summed E-state index contributed by atoms with van der Waals surface area (Å²) in [5.74, 6) is 0.396. The van der Waals surface area contributed by atoms with E-state index in [0.29, 0.717) is 25.3 Å².